The molecule has 1 aromatic carbocycles. The highest BCUT2D eigenvalue weighted by Gasteiger charge is 2.29. The zero-order valence-electron chi connectivity index (χ0n) is 9.61. The summed E-state index contributed by atoms with van der Waals surface area (Å²) in [5.41, 5.74) is 6.54. The second-order valence-corrected chi connectivity index (χ2v) is 5.33. The molecule has 0 aliphatic heterocycles. The lowest BCUT2D eigenvalue weighted by atomic mass is 10.2. The van der Waals surface area contributed by atoms with E-state index in [0.717, 1.165) is 5.56 Å². The van der Waals surface area contributed by atoms with Crippen molar-refractivity contribution in [1.29, 1.82) is 0 Å². The number of hydrogen-bond donors (Lipinski definition) is 1. The van der Waals surface area contributed by atoms with E-state index < -0.39 is 8.10 Å². The Morgan fingerprint density at radius 3 is 2.53 bits per heavy atom. The minimum absolute atomic E-state index is 0.152. The zero-order valence-corrected chi connectivity index (χ0v) is 10.5. The topological polar surface area (TPSA) is 77.0 Å². The maximum absolute atomic E-state index is 11.9. The van der Waals surface area contributed by atoms with Gasteiger partial charge in [-0.05, 0) is 4.57 Å². The van der Waals surface area contributed by atoms with Crippen molar-refractivity contribution in [3.05, 3.63) is 30.3 Å². The van der Waals surface area contributed by atoms with Crippen LogP contribution in [0.25, 0.3) is 11.4 Å². The average Bonchev–Trinajstić information content (AvgIpc) is 2.71. The molecule has 0 saturated heterocycles. The predicted molar refractivity (Wildman–Crippen MR) is 66.6 cm³/mol. The molecule has 2 aromatic rings. The molecule has 0 bridgehead atoms. The van der Waals surface area contributed by atoms with Gasteiger partial charge in [-0.1, -0.05) is 35.0 Å². The Labute approximate surface area is 100.0 Å². The maximum atomic E-state index is 11.9. The fourth-order valence-electron chi connectivity index (χ4n) is 1.32. The van der Waals surface area contributed by atoms with Gasteiger partial charge in [-0.15, -0.1) is 5.10 Å². The standard InChI is InChI=1S/C10H13N5OP/c1-14(2)17(16)15-10(11)12-9(13-15)8-6-4-3-5-7-8/h3-7H,1-2H3,(H2,11,12,13)/q+1. The van der Waals surface area contributed by atoms with Crippen LogP contribution >= 0.6 is 8.10 Å². The van der Waals surface area contributed by atoms with Gasteiger partial charge in [0.2, 0.25) is 0 Å². The van der Waals surface area contributed by atoms with Crippen LogP contribution in [0.2, 0.25) is 0 Å². The Kier molecular flexibility index (Phi) is 3.17. The van der Waals surface area contributed by atoms with Crippen molar-refractivity contribution >= 4 is 14.1 Å². The van der Waals surface area contributed by atoms with Crippen molar-refractivity contribution in [3.8, 4) is 11.4 Å². The van der Waals surface area contributed by atoms with E-state index in [-0.39, 0.29) is 5.95 Å². The van der Waals surface area contributed by atoms with Crippen LogP contribution in [0, 0.1) is 0 Å². The molecule has 0 aliphatic rings. The monoisotopic (exact) mass is 250 g/mol. The van der Waals surface area contributed by atoms with Crippen LogP contribution in [0.15, 0.2) is 30.3 Å². The van der Waals surface area contributed by atoms with E-state index in [1.165, 1.54) is 9.12 Å². The first-order valence-electron chi connectivity index (χ1n) is 5.02. The summed E-state index contributed by atoms with van der Waals surface area (Å²) in [5.74, 6) is 0.631. The van der Waals surface area contributed by atoms with Gasteiger partial charge in [-0.25, -0.2) is 0 Å². The van der Waals surface area contributed by atoms with Crippen molar-refractivity contribution in [2.45, 2.75) is 0 Å². The molecule has 0 spiro atoms. The molecule has 88 valence electrons. The van der Waals surface area contributed by atoms with Gasteiger partial charge in [-0.2, -0.15) is 4.98 Å². The van der Waals surface area contributed by atoms with E-state index in [4.69, 9.17) is 5.73 Å². The number of anilines is 1. The number of nitrogens with zero attached hydrogens (tertiary/aromatic N) is 4. The van der Waals surface area contributed by atoms with Crippen molar-refractivity contribution in [3.63, 3.8) is 0 Å². The summed E-state index contributed by atoms with van der Waals surface area (Å²) in [6, 6.07) is 9.43. The molecular weight excluding hydrogens is 237 g/mol. The predicted octanol–water partition coefficient (Wildman–Crippen LogP) is 1.59. The third-order valence-electron chi connectivity index (χ3n) is 2.15. The number of nitrogen functional groups attached to an aromatic ring is 1. The molecule has 0 aliphatic carbocycles. The molecule has 0 amide bonds. The lowest BCUT2D eigenvalue weighted by molar-refractivity contribution is 0.522. The minimum atomic E-state index is -1.82. The van der Waals surface area contributed by atoms with Crippen LogP contribution in [0.5, 0.6) is 0 Å². The fraction of sp³-hybridized carbons (Fsp3) is 0.200. The van der Waals surface area contributed by atoms with Crippen LogP contribution in [-0.2, 0) is 4.57 Å². The molecule has 6 nitrogen and oxygen atoms in total. The Morgan fingerprint density at radius 2 is 1.94 bits per heavy atom. The quantitative estimate of drug-likeness (QED) is 0.837. The Hall–Kier alpha value is -1.78. The van der Waals surface area contributed by atoms with E-state index in [0.29, 0.717) is 5.82 Å². The summed E-state index contributed by atoms with van der Waals surface area (Å²) in [6.07, 6.45) is 0. The van der Waals surface area contributed by atoms with E-state index in [1.807, 2.05) is 30.3 Å². The highest BCUT2D eigenvalue weighted by atomic mass is 31.1. The van der Waals surface area contributed by atoms with Crippen molar-refractivity contribution in [2.24, 2.45) is 0 Å². The van der Waals surface area contributed by atoms with Gasteiger partial charge in [0.15, 0.2) is 5.82 Å². The molecule has 2 N–H and O–H groups in total. The first kappa shape index (κ1) is 11.7. The van der Waals surface area contributed by atoms with Crippen LogP contribution in [0.4, 0.5) is 5.95 Å². The van der Waals surface area contributed by atoms with Gasteiger partial charge in [0, 0.05) is 24.1 Å². The van der Waals surface area contributed by atoms with Crippen LogP contribution in [-0.4, -0.2) is 33.3 Å². The molecule has 1 heterocycles. The molecule has 0 fully saturated rings. The molecule has 0 radical (unpaired) electrons. The van der Waals surface area contributed by atoms with E-state index in [2.05, 4.69) is 10.1 Å². The van der Waals surface area contributed by atoms with Gasteiger partial charge >= 0.3 is 8.10 Å². The molecule has 1 unspecified atom stereocenters. The van der Waals surface area contributed by atoms with Crippen molar-refractivity contribution in [1.82, 2.24) is 19.2 Å². The second-order valence-electron chi connectivity index (χ2n) is 3.65. The third-order valence-corrected chi connectivity index (χ3v) is 3.45. The second kappa shape index (κ2) is 4.61. The van der Waals surface area contributed by atoms with Gasteiger partial charge in [0.1, 0.15) is 0 Å². The van der Waals surface area contributed by atoms with Gasteiger partial charge in [0.05, 0.1) is 0 Å². The number of hydrogen-bond acceptors (Lipinski definition) is 4. The smallest absolute Gasteiger partial charge is 0.365 e. The fourth-order valence-corrected chi connectivity index (χ4v) is 2.04. The largest absolute Gasteiger partial charge is 0.591 e. The summed E-state index contributed by atoms with van der Waals surface area (Å²) in [4.78, 5) is 4.10. The van der Waals surface area contributed by atoms with Gasteiger partial charge < -0.3 is 5.73 Å². The Morgan fingerprint density at radius 1 is 1.29 bits per heavy atom. The lowest BCUT2D eigenvalue weighted by Crippen LogP contribution is -2.08. The minimum Gasteiger partial charge on any atom is -0.365 e. The number of aromatic nitrogens is 3. The summed E-state index contributed by atoms with van der Waals surface area (Å²) in [6.45, 7) is 0. The first-order chi connectivity index (χ1) is 8.09. The van der Waals surface area contributed by atoms with Crippen LogP contribution < -0.4 is 5.73 Å². The summed E-state index contributed by atoms with van der Waals surface area (Å²) in [5, 5.41) is 4.16. The normalized spacial score (nSPS) is 11.8. The summed E-state index contributed by atoms with van der Waals surface area (Å²) < 4.78 is 14.6. The molecule has 7 heteroatoms. The van der Waals surface area contributed by atoms with Gasteiger partial charge in [-0.3, -0.25) is 0 Å². The number of benzene rings is 1. The SMILES string of the molecule is CN(C)[P+](=O)n1nc(-c2ccccc2)nc1N. The van der Waals surface area contributed by atoms with Crippen LogP contribution in [0.1, 0.15) is 0 Å². The van der Waals surface area contributed by atoms with E-state index in [1.54, 1.807) is 14.1 Å². The number of nitrogens with two attached hydrogens (primary N) is 1. The van der Waals surface area contributed by atoms with Crippen molar-refractivity contribution in [2.75, 3.05) is 19.8 Å². The van der Waals surface area contributed by atoms with Crippen molar-refractivity contribution < 1.29 is 4.57 Å². The maximum Gasteiger partial charge on any atom is 0.591 e. The van der Waals surface area contributed by atoms with Gasteiger partial charge in [0.25, 0.3) is 5.95 Å². The zero-order chi connectivity index (χ0) is 12.4. The Bertz CT molecular complexity index is 537. The van der Waals surface area contributed by atoms with E-state index in [9.17, 15) is 4.57 Å². The highest BCUT2D eigenvalue weighted by Crippen LogP contribution is 2.29. The first-order valence-corrected chi connectivity index (χ1v) is 6.19. The highest BCUT2D eigenvalue weighted by molar-refractivity contribution is 7.40. The van der Waals surface area contributed by atoms with Crippen LogP contribution in [0.3, 0.4) is 0 Å². The Balaban J connectivity index is 2.41. The summed E-state index contributed by atoms with van der Waals surface area (Å²) >= 11 is 0. The molecule has 1 aromatic heterocycles. The molecular formula is C10H13N5OP+. The molecule has 17 heavy (non-hydrogen) atoms. The van der Waals surface area contributed by atoms with E-state index >= 15 is 0 Å². The summed E-state index contributed by atoms with van der Waals surface area (Å²) in [7, 11) is 1.57. The molecule has 0 saturated carbocycles. The third kappa shape index (κ3) is 2.33. The molecule has 1 atom stereocenters. The average molecular weight is 250 g/mol. The number of rotatable bonds is 3. The molecule has 2 rings (SSSR count). The lowest BCUT2D eigenvalue weighted by Gasteiger charge is -1.93.